The fraction of sp³-hybridized carbons (Fsp3) is 0. The molecule has 13 heavy (non-hydrogen) atoms. The van der Waals surface area contributed by atoms with Gasteiger partial charge in [0.05, 0.1) is 0 Å². The second-order valence-corrected chi connectivity index (χ2v) is 0.714. The van der Waals surface area contributed by atoms with E-state index in [1.807, 2.05) is 0 Å². The van der Waals surface area contributed by atoms with Crippen molar-refractivity contribution in [1.29, 1.82) is 0 Å². The maximum Gasteiger partial charge on any atom is 2.00 e. The van der Waals surface area contributed by atoms with Crippen molar-refractivity contribution in [2.45, 2.75) is 0 Å². The molecule has 0 aromatic carbocycles. The van der Waals surface area contributed by atoms with Crippen LogP contribution in [0.4, 0.5) is 0 Å². The largest absolute Gasteiger partial charge is 2.00 e. The third-order valence-corrected chi connectivity index (χ3v) is 0. The van der Waals surface area contributed by atoms with E-state index in [9.17, 15) is 0 Å². The summed E-state index contributed by atoms with van der Waals surface area (Å²) in [5.74, 6) is 0. The molecule has 0 aliphatic carbocycles. The number of hydrogen-bond acceptors (Lipinski definition) is 6. The fourth-order valence-electron chi connectivity index (χ4n) is 0. The van der Waals surface area contributed by atoms with Crippen LogP contribution in [0.5, 0.6) is 0 Å². The number of nitrogens with zero attached hydrogens (tertiary/aromatic N) is 3. The SMILES string of the molecule is O=[N+]([O-])O.O=[N+]([O-])O.O=[N+]([O-])O.[Ba+2].[H-].[H-]. The monoisotopic (exact) mass is 329 g/mol. The van der Waals surface area contributed by atoms with Gasteiger partial charge in [-0.1, -0.05) is 0 Å². The maximum atomic E-state index is 8.36. The smallest absolute Gasteiger partial charge is 1.00 e. The summed E-state index contributed by atoms with van der Waals surface area (Å²) < 4.78 is 0. The third-order valence-electron chi connectivity index (χ3n) is 0. The molecule has 13 heteroatoms. The van der Waals surface area contributed by atoms with Crippen molar-refractivity contribution < 1.29 is 33.7 Å². The molecule has 0 radical (unpaired) electrons. The van der Waals surface area contributed by atoms with Gasteiger partial charge in [-0.15, -0.1) is 30.3 Å². The van der Waals surface area contributed by atoms with Gasteiger partial charge in [0.2, 0.25) is 0 Å². The van der Waals surface area contributed by atoms with Gasteiger partial charge in [0.1, 0.15) is 0 Å². The van der Waals surface area contributed by atoms with E-state index < -0.39 is 15.3 Å². The molecular weight excluding hydrogens is 323 g/mol. The van der Waals surface area contributed by atoms with E-state index >= 15 is 0 Å². The molecule has 0 saturated carbocycles. The second kappa shape index (κ2) is 17.3. The molecule has 0 spiro atoms. The van der Waals surface area contributed by atoms with Crippen molar-refractivity contribution in [2.75, 3.05) is 0 Å². The molecule has 0 bridgehead atoms. The van der Waals surface area contributed by atoms with Crippen LogP contribution in [0, 0.1) is 30.3 Å². The molecule has 0 fully saturated rings. The average molecular weight is 328 g/mol. The van der Waals surface area contributed by atoms with Gasteiger partial charge in [0.15, 0.2) is 0 Å². The van der Waals surface area contributed by atoms with Crippen LogP contribution in [0.15, 0.2) is 0 Å². The Morgan fingerprint density at radius 2 is 0.769 bits per heavy atom. The summed E-state index contributed by atoms with van der Waals surface area (Å²) in [6.45, 7) is 0. The van der Waals surface area contributed by atoms with Crippen molar-refractivity contribution in [3.8, 4) is 0 Å². The van der Waals surface area contributed by atoms with E-state index in [1.165, 1.54) is 0 Å². The van der Waals surface area contributed by atoms with Crippen molar-refractivity contribution >= 4 is 48.9 Å². The van der Waals surface area contributed by atoms with Gasteiger partial charge in [0.25, 0.3) is 15.3 Å². The molecule has 0 saturated heterocycles. The molecule has 0 aromatic heterocycles. The molecule has 76 valence electrons. The summed E-state index contributed by atoms with van der Waals surface area (Å²) >= 11 is 0. The van der Waals surface area contributed by atoms with Gasteiger partial charge >= 0.3 is 48.9 Å². The topological polar surface area (TPSA) is 190 Å². The first-order valence-corrected chi connectivity index (χ1v) is 1.70. The van der Waals surface area contributed by atoms with Crippen molar-refractivity contribution in [3.63, 3.8) is 0 Å². The zero-order valence-corrected chi connectivity index (χ0v) is 10.3. The Morgan fingerprint density at radius 3 is 0.769 bits per heavy atom. The Bertz CT molecular complexity index is 121. The predicted molar refractivity (Wildman–Crippen MR) is 34.3 cm³/mol. The van der Waals surface area contributed by atoms with Crippen LogP contribution in [0.1, 0.15) is 2.85 Å². The van der Waals surface area contributed by atoms with E-state index in [-0.39, 0.29) is 51.7 Å². The second-order valence-electron chi connectivity index (χ2n) is 0.714. The zero-order chi connectivity index (χ0) is 10.7. The molecule has 0 amide bonds. The summed E-state index contributed by atoms with van der Waals surface area (Å²) in [5, 5.41) is 40.9. The Balaban J connectivity index is -0.0000000184. The van der Waals surface area contributed by atoms with E-state index in [1.54, 1.807) is 0 Å². The zero-order valence-electron chi connectivity index (χ0n) is 7.84. The van der Waals surface area contributed by atoms with Gasteiger partial charge in [-0.2, -0.15) is 0 Å². The van der Waals surface area contributed by atoms with Crippen molar-refractivity contribution in [3.05, 3.63) is 30.3 Å². The first-order chi connectivity index (χ1) is 5.20. The van der Waals surface area contributed by atoms with Crippen LogP contribution in [0.3, 0.4) is 0 Å². The molecule has 0 heterocycles. The minimum absolute atomic E-state index is 0. The quantitative estimate of drug-likeness (QED) is 0.278. The van der Waals surface area contributed by atoms with E-state index in [0.717, 1.165) is 0 Å². The molecule has 0 aliphatic heterocycles. The summed E-state index contributed by atoms with van der Waals surface area (Å²) in [6, 6.07) is 0. The first kappa shape index (κ1) is 22.7. The molecule has 0 atom stereocenters. The Morgan fingerprint density at radius 1 is 0.769 bits per heavy atom. The van der Waals surface area contributed by atoms with Crippen molar-refractivity contribution in [2.24, 2.45) is 0 Å². The molecule has 3 N–H and O–H groups in total. The predicted octanol–water partition coefficient (Wildman–Crippen LogP) is -1.20. The molecule has 0 unspecified atom stereocenters. The van der Waals surface area contributed by atoms with Crippen LogP contribution in [0.2, 0.25) is 0 Å². The normalized spacial score (nSPS) is 5.54. The summed E-state index contributed by atoms with van der Waals surface area (Å²) in [4.78, 5) is 25.1. The fourth-order valence-corrected chi connectivity index (χ4v) is 0. The Hall–Kier alpha value is -0.829. The van der Waals surface area contributed by atoms with Gasteiger partial charge in [-0.25, -0.2) is 0 Å². The van der Waals surface area contributed by atoms with Gasteiger partial charge in [-0.05, 0) is 0 Å². The minimum atomic E-state index is -1.50. The minimum Gasteiger partial charge on any atom is -1.00 e. The van der Waals surface area contributed by atoms with Crippen LogP contribution in [0.25, 0.3) is 0 Å². The van der Waals surface area contributed by atoms with Gasteiger partial charge < -0.3 is 18.5 Å². The van der Waals surface area contributed by atoms with E-state index in [0.29, 0.717) is 0 Å². The van der Waals surface area contributed by atoms with Crippen LogP contribution >= 0.6 is 0 Å². The Labute approximate surface area is 112 Å². The molecule has 12 nitrogen and oxygen atoms in total. The summed E-state index contributed by atoms with van der Waals surface area (Å²) in [7, 11) is 0. The van der Waals surface area contributed by atoms with Gasteiger partial charge in [0, 0.05) is 0 Å². The van der Waals surface area contributed by atoms with E-state index in [4.69, 9.17) is 46.0 Å². The van der Waals surface area contributed by atoms with Crippen LogP contribution in [-0.2, 0) is 0 Å². The van der Waals surface area contributed by atoms with Crippen LogP contribution in [-0.4, -0.2) is 79.8 Å². The molecule has 0 aliphatic rings. The summed E-state index contributed by atoms with van der Waals surface area (Å²) in [5.41, 5.74) is 0. The molecule has 0 aromatic rings. The standard InChI is InChI=1S/Ba.3HNO3.2H/c;3*2-1(3)4;;/h;3*(H,2,3,4);;/q+2;;;;2*-1. The first-order valence-electron chi connectivity index (χ1n) is 1.70. The maximum absolute atomic E-state index is 8.36. The average Bonchev–Trinajstić information content (AvgIpc) is 1.54. The van der Waals surface area contributed by atoms with Crippen molar-refractivity contribution in [1.82, 2.24) is 0 Å². The molecular formula is H5BaN3O9. The van der Waals surface area contributed by atoms with Crippen LogP contribution < -0.4 is 0 Å². The summed E-state index contributed by atoms with van der Waals surface area (Å²) in [6.07, 6.45) is 0. The molecule has 0 rings (SSSR count). The third kappa shape index (κ3) is 1370. The number of rotatable bonds is 0. The number of hydrogen-bond donors (Lipinski definition) is 3. The van der Waals surface area contributed by atoms with E-state index in [2.05, 4.69) is 0 Å². The Kier molecular flexibility index (Phi) is 30.3. The van der Waals surface area contributed by atoms with Gasteiger partial charge in [-0.3, -0.25) is 0 Å².